The van der Waals surface area contributed by atoms with Gasteiger partial charge in [-0.3, -0.25) is 4.79 Å². The van der Waals surface area contributed by atoms with Crippen molar-refractivity contribution in [3.8, 4) is 0 Å². The van der Waals surface area contributed by atoms with Crippen LogP contribution in [0.15, 0.2) is 30.3 Å². The SMILES string of the molecule is CC(=O)Nc1ccc(Nc2cc(NC3CC3)nc(C)n2)cc1. The lowest BCUT2D eigenvalue weighted by Gasteiger charge is -2.10. The van der Waals surface area contributed by atoms with Crippen LogP contribution in [0.5, 0.6) is 0 Å². The molecule has 0 atom stereocenters. The quantitative estimate of drug-likeness (QED) is 0.790. The molecule has 1 aliphatic carbocycles. The summed E-state index contributed by atoms with van der Waals surface area (Å²) in [5.41, 5.74) is 1.68. The van der Waals surface area contributed by atoms with E-state index in [-0.39, 0.29) is 5.91 Å². The molecule has 0 saturated heterocycles. The molecule has 3 N–H and O–H groups in total. The first kappa shape index (κ1) is 14.3. The predicted molar refractivity (Wildman–Crippen MR) is 87.4 cm³/mol. The van der Waals surface area contributed by atoms with E-state index in [0.29, 0.717) is 6.04 Å². The maximum atomic E-state index is 11.0. The maximum absolute atomic E-state index is 11.0. The molecule has 1 aromatic heterocycles. The van der Waals surface area contributed by atoms with Crippen molar-refractivity contribution in [3.63, 3.8) is 0 Å². The third kappa shape index (κ3) is 3.94. The van der Waals surface area contributed by atoms with Crippen LogP contribution >= 0.6 is 0 Å². The second-order valence-corrected chi connectivity index (χ2v) is 5.49. The Morgan fingerprint density at radius 2 is 1.73 bits per heavy atom. The van der Waals surface area contributed by atoms with E-state index in [9.17, 15) is 4.79 Å². The average molecular weight is 297 g/mol. The molecule has 1 aliphatic rings. The summed E-state index contributed by atoms with van der Waals surface area (Å²) in [5.74, 6) is 2.25. The third-order valence-corrected chi connectivity index (χ3v) is 3.24. The molecular weight excluding hydrogens is 278 g/mol. The number of nitrogens with zero attached hydrogens (tertiary/aromatic N) is 2. The van der Waals surface area contributed by atoms with Crippen LogP contribution in [-0.4, -0.2) is 21.9 Å². The Morgan fingerprint density at radius 3 is 2.36 bits per heavy atom. The molecule has 6 nitrogen and oxygen atoms in total. The van der Waals surface area contributed by atoms with Crippen molar-refractivity contribution in [1.29, 1.82) is 0 Å². The van der Waals surface area contributed by atoms with Gasteiger partial charge in [0.1, 0.15) is 17.5 Å². The van der Waals surface area contributed by atoms with Crippen molar-refractivity contribution in [2.24, 2.45) is 0 Å². The summed E-state index contributed by atoms with van der Waals surface area (Å²) in [5, 5.41) is 9.37. The molecule has 22 heavy (non-hydrogen) atoms. The predicted octanol–water partition coefficient (Wildman–Crippen LogP) is 3.06. The van der Waals surface area contributed by atoms with Crippen molar-refractivity contribution >= 4 is 28.9 Å². The van der Waals surface area contributed by atoms with E-state index in [4.69, 9.17) is 0 Å². The standard InChI is InChI=1S/C16H19N5O/c1-10-17-15(9-16(18-10)21-14-7-8-14)20-13-5-3-12(4-6-13)19-11(2)22/h3-6,9,14H,7-8H2,1-2H3,(H,19,22)(H2,17,18,20,21). The van der Waals surface area contributed by atoms with Crippen molar-refractivity contribution in [1.82, 2.24) is 9.97 Å². The number of aryl methyl sites for hydroxylation is 1. The Hall–Kier alpha value is -2.63. The number of amides is 1. The van der Waals surface area contributed by atoms with Crippen molar-refractivity contribution in [3.05, 3.63) is 36.2 Å². The Bertz CT molecular complexity index is 679. The first-order chi connectivity index (χ1) is 10.6. The van der Waals surface area contributed by atoms with E-state index in [1.165, 1.54) is 19.8 Å². The Balaban J connectivity index is 1.71. The molecule has 0 aliphatic heterocycles. The van der Waals surface area contributed by atoms with E-state index in [2.05, 4.69) is 25.9 Å². The number of hydrogen-bond acceptors (Lipinski definition) is 5. The highest BCUT2D eigenvalue weighted by molar-refractivity contribution is 5.88. The van der Waals surface area contributed by atoms with Gasteiger partial charge in [-0.1, -0.05) is 0 Å². The normalized spacial score (nSPS) is 13.5. The van der Waals surface area contributed by atoms with Gasteiger partial charge < -0.3 is 16.0 Å². The summed E-state index contributed by atoms with van der Waals surface area (Å²) < 4.78 is 0. The van der Waals surface area contributed by atoms with Gasteiger partial charge in [-0.2, -0.15) is 0 Å². The zero-order valence-corrected chi connectivity index (χ0v) is 12.7. The smallest absolute Gasteiger partial charge is 0.221 e. The van der Waals surface area contributed by atoms with Gasteiger partial charge in [-0.25, -0.2) is 9.97 Å². The molecule has 6 heteroatoms. The van der Waals surface area contributed by atoms with E-state index in [1.807, 2.05) is 37.3 Å². The molecular formula is C16H19N5O. The minimum atomic E-state index is -0.0806. The van der Waals surface area contributed by atoms with E-state index in [0.717, 1.165) is 28.8 Å². The van der Waals surface area contributed by atoms with Gasteiger partial charge in [0, 0.05) is 30.4 Å². The fourth-order valence-corrected chi connectivity index (χ4v) is 2.13. The first-order valence-corrected chi connectivity index (χ1v) is 7.35. The van der Waals surface area contributed by atoms with Gasteiger partial charge in [0.25, 0.3) is 0 Å². The number of rotatable bonds is 5. The summed E-state index contributed by atoms with van der Waals surface area (Å²) in [6.45, 7) is 3.37. The number of benzene rings is 1. The van der Waals surface area contributed by atoms with Crippen LogP contribution in [0.4, 0.5) is 23.0 Å². The van der Waals surface area contributed by atoms with E-state index < -0.39 is 0 Å². The zero-order chi connectivity index (χ0) is 15.5. The maximum Gasteiger partial charge on any atom is 0.221 e. The lowest BCUT2D eigenvalue weighted by atomic mass is 10.2. The van der Waals surface area contributed by atoms with Crippen LogP contribution in [0.1, 0.15) is 25.6 Å². The lowest BCUT2D eigenvalue weighted by Crippen LogP contribution is -2.07. The Labute approximate surface area is 129 Å². The summed E-state index contributed by atoms with van der Waals surface area (Å²) in [6, 6.07) is 9.96. The molecule has 1 saturated carbocycles. The number of nitrogens with one attached hydrogen (secondary N) is 3. The van der Waals surface area contributed by atoms with Gasteiger partial charge in [-0.15, -0.1) is 0 Å². The molecule has 1 aromatic carbocycles. The van der Waals surface area contributed by atoms with Crippen molar-refractivity contribution in [2.75, 3.05) is 16.0 Å². The Kier molecular flexibility index (Phi) is 3.91. The molecule has 1 heterocycles. The van der Waals surface area contributed by atoms with Gasteiger partial charge in [0.15, 0.2) is 0 Å². The molecule has 3 rings (SSSR count). The summed E-state index contributed by atoms with van der Waals surface area (Å²) in [7, 11) is 0. The highest BCUT2D eigenvalue weighted by Crippen LogP contribution is 2.25. The average Bonchev–Trinajstić information content (AvgIpc) is 3.24. The van der Waals surface area contributed by atoms with Crippen molar-refractivity contribution in [2.45, 2.75) is 32.7 Å². The molecule has 0 bridgehead atoms. The van der Waals surface area contributed by atoms with Crippen molar-refractivity contribution < 1.29 is 4.79 Å². The van der Waals surface area contributed by atoms with Crippen LogP contribution in [0, 0.1) is 6.92 Å². The summed E-state index contributed by atoms with van der Waals surface area (Å²) in [4.78, 5) is 19.8. The number of carbonyl (C=O) groups excluding carboxylic acids is 1. The van der Waals surface area contributed by atoms with Crippen LogP contribution in [-0.2, 0) is 4.79 Å². The van der Waals surface area contributed by atoms with E-state index >= 15 is 0 Å². The minimum absolute atomic E-state index is 0.0806. The lowest BCUT2D eigenvalue weighted by molar-refractivity contribution is -0.114. The van der Waals surface area contributed by atoms with Crippen LogP contribution < -0.4 is 16.0 Å². The Morgan fingerprint density at radius 1 is 1.09 bits per heavy atom. The topological polar surface area (TPSA) is 78.9 Å². The van der Waals surface area contributed by atoms with Crippen LogP contribution in [0.3, 0.4) is 0 Å². The van der Waals surface area contributed by atoms with Gasteiger partial charge in [-0.05, 0) is 44.0 Å². The largest absolute Gasteiger partial charge is 0.367 e. The summed E-state index contributed by atoms with van der Waals surface area (Å²) in [6.07, 6.45) is 2.41. The second kappa shape index (κ2) is 6.01. The molecule has 0 spiro atoms. The molecule has 1 fully saturated rings. The minimum Gasteiger partial charge on any atom is -0.367 e. The molecule has 2 aromatic rings. The molecule has 0 radical (unpaired) electrons. The van der Waals surface area contributed by atoms with Gasteiger partial charge in [0.2, 0.25) is 5.91 Å². The highest BCUT2D eigenvalue weighted by atomic mass is 16.1. The van der Waals surface area contributed by atoms with Gasteiger partial charge >= 0.3 is 0 Å². The zero-order valence-electron chi connectivity index (χ0n) is 12.7. The van der Waals surface area contributed by atoms with Crippen LogP contribution in [0.2, 0.25) is 0 Å². The number of carbonyl (C=O) groups is 1. The molecule has 0 unspecified atom stereocenters. The van der Waals surface area contributed by atoms with E-state index in [1.54, 1.807) is 0 Å². The highest BCUT2D eigenvalue weighted by Gasteiger charge is 2.21. The fraction of sp³-hybridized carbons (Fsp3) is 0.312. The number of anilines is 4. The number of hydrogen-bond donors (Lipinski definition) is 3. The first-order valence-electron chi connectivity index (χ1n) is 7.35. The number of aromatic nitrogens is 2. The summed E-state index contributed by atoms with van der Waals surface area (Å²) >= 11 is 0. The molecule has 114 valence electrons. The van der Waals surface area contributed by atoms with Crippen LogP contribution in [0.25, 0.3) is 0 Å². The fourth-order valence-electron chi connectivity index (χ4n) is 2.13. The molecule has 1 amide bonds. The monoisotopic (exact) mass is 297 g/mol. The van der Waals surface area contributed by atoms with Gasteiger partial charge in [0.05, 0.1) is 0 Å². The third-order valence-electron chi connectivity index (χ3n) is 3.24. The second-order valence-electron chi connectivity index (χ2n) is 5.49.